The molecule has 1 amide bonds. The number of rotatable bonds is 7. The number of aromatic nitrogens is 1. The van der Waals surface area contributed by atoms with Crippen molar-refractivity contribution in [3.8, 4) is 0 Å². The highest BCUT2D eigenvalue weighted by atomic mass is 35.5. The summed E-state index contributed by atoms with van der Waals surface area (Å²) in [5.74, 6) is 0.952. The molecule has 7 heteroatoms. The SMILES string of the molecule is CCSc1ccccc1C(=O)N(CCN(C)C)c1nc2c(C)c(C)ccc2s1.Cl. The van der Waals surface area contributed by atoms with Crippen LogP contribution in [0.25, 0.3) is 10.2 Å². The van der Waals surface area contributed by atoms with Crippen LogP contribution in [0, 0.1) is 13.8 Å². The van der Waals surface area contributed by atoms with Gasteiger partial charge in [0.15, 0.2) is 5.13 Å². The summed E-state index contributed by atoms with van der Waals surface area (Å²) in [6.07, 6.45) is 0. The maximum absolute atomic E-state index is 13.5. The molecule has 0 aliphatic carbocycles. The van der Waals surface area contributed by atoms with Crippen LogP contribution >= 0.6 is 35.5 Å². The van der Waals surface area contributed by atoms with Gasteiger partial charge in [0.1, 0.15) is 0 Å². The molecule has 0 saturated heterocycles. The molecule has 0 bridgehead atoms. The van der Waals surface area contributed by atoms with Gasteiger partial charge in [0.2, 0.25) is 0 Å². The molecule has 0 aliphatic heterocycles. The summed E-state index contributed by atoms with van der Waals surface area (Å²) >= 11 is 3.29. The molecular formula is C22H28ClN3OS2. The first-order chi connectivity index (χ1) is 13.4. The fourth-order valence-corrected chi connectivity index (χ4v) is 4.83. The normalized spacial score (nSPS) is 11.0. The number of nitrogens with zero attached hydrogens (tertiary/aromatic N) is 3. The third-order valence-electron chi connectivity index (χ3n) is 4.74. The fraction of sp³-hybridized carbons (Fsp3) is 0.364. The predicted molar refractivity (Wildman–Crippen MR) is 129 cm³/mol. The van der Waals surface area contributed by atoms with Crippen LogP contribution in [0.3, 0.4) is 0 Å². The van der Waals surface area contributed by atoms with E-state index in [-0.39, 0.29) is 18.3 Å². The second kappa shape index (κ2) is 10.4. The number of thiazole rings is 1. The number of anilines is 1. The largest absolute Gasteiger partial charge is 0.308 e. The fourth-order valence-electron chi connectivity index (χ4n) is 2.98. The number of fused-ring (bicyclic) bond motifs is 1. The lowest BCUT2D eigenvalue weighted by molar-refractivity contribution is 0.0982. The number of carbonyl (C=O) groups is 1. The van der Waals surface area contributed by atoms with Crippen molar-refractivity contribution in [3.05, 3.63) is 53.1 Å². The lowest BCUT2D eigenvalue weighted by Gasteiger charge is -2.23. The molecule has 0 unspecified atom stereocenters. The van der Waals surface area contributed by atoms with E-state index in [0.29, 0.717) is 6.54 Å². The zero-order valence-corrected chi connectivity index (χ0v) is 20.0. The summed E-state index contributed by atoms with van der Waals surface area (Å²) < 4.78 is 1.12. The molecule has 1 heterocycles. The quantitative estimate of drug-likeness (QED) is 0.436. The predicted octanol–water partition coefficient (Wildman–Crippen LogP) is 5.66. The maximum Gasteiger partial charge on any atom is 0.261 e. The second-order valence-electron chi connectivity index (χ2n) is 7.04. The summed E-state index contributed by atoms with van der Waals surface area (Å²) in [4.78, 5) is 23.4. The number of aryl methyl sites for hydroxylation is 2. The van der Waals surface area contributed by atoms with E-state index in [1.807, 2.05) is 43.3 Å². The molecule has 0 spiro atoms. The first-order valence-electron chi connectivity index (χ1n) is 9.47. The molecule has 0 radical (unpaired) electrons. The Morgan fingerprint density at radius 1 is 1.10 bits per heavy atom. The maximum atomic E-state index is 13.5. The monoisotopic (exact) mass is 449 g/mol. The topological polar surface area (TPSA) is 36.4 Å². The molecule has 1 aromatic heterocycles. The van der Waals surface area contributed by atoms with Crippen LogP contribution in [0.15, 0.2) is 41.3 Å². The van der Waals surface area contributed by atoms with Crippen LogP contribution in [0.1, 0.15) is 28.4 Å². The van der Waals surface area contributed by atoms with Crippen molar-refractivity contribution < 1.29 is 4.79 Å². The molecule has 0 atom stereocenters. The number of thioether (sulfide) groups is 1. The van der Waals surface area contributed by atoms with Crippen LogP contribution in [0.4, 0.5) is 5.13 Å². The first kappa shape index (κ1) is 23.7. The second-order valence-corrected chi connectivity index (χ2v) is 9.35. The highest BCUT2D eigenvalue weighted by molar-refractivity contribution is 7.99. The molecule has 3 aromatic rings. The molecule has 29 heavy (non-hydrogen) atoms. The highest BCUT2D eigenvalue weighted by Gasteiger charge is 2.24. The highest BCUT2D eigenvalue weighted by Crippen LogP contribution is 2.33. The number of hydrogen-bond donors (Lipinski definition) is 0. The Hall–Kier alpha value is -1.60. The average molecular weight is 450 g/mol. The number of likely N-dealkylation sites (N-methyl/N-ethyl adjacent to an activating group) is 1. The Morgan fingerprint density at radius 3 is 2.52 bits per heavy atom. The Balaban J connectivity index is 0.00000300. The van der Waals surface area contributed by atoms with Crippen LogP contribution in [-0.4, -0.2) is 48.7 Å². The number of benzene rings is 2. The molecule has 2 aromatic carbocycles. The van der Waals surface area contributed by atoms with Gasteiger partial charge in [0, 0.05) is 18.0 Å². The van der Waals surface area contributed by atoms with E-state index in [9.17, 15) is 4.79 Å². The minimum absolute atomic E-state index is 0. The molecule has 0 fully saturated rings. The van der Waals surface area contributed by atoms with E-state index < -0.39 is 0 Å². The Kier molecular flexibility index (Phi) is 8.52. The number of carbonyl (C=O) groups excluding carboxylic acids is 1. The van der Waals surface area contributed by atoms with E-state index >= 15 is 0 Å². The van der Waals surface area contributed by atoms with Gasteiger partial charge in [-0.15, -0.1) is 24.2 Å². The van der Waals surface area contributed by atoms with Gasteiger partial charge in [-0.2, -0.15) is 0 Å². The van der Waals surface area contributed by atoms with Crippen LogP contribution in [-0.2, 0) is 0 Å². The van der Waals surface area contributed by atoms with E-state index in [0.717, 1.165) is 38.1 Å². The molecule has 4 nitrogen and oxygen atoms in total. The van der Waals surface area contributed by atoms with Crippen molar-refractivity contribution in [1.82, 2.24) is 9.88 Å². The summed E-state index contributed by atoms with van der Waals surface area (Å²) in [6.45, 7) is 7.69. The minimum atomic E-state index is 0. The number of halogens is 1. The molecule has 0 aliphatic rings. The molecule has 0 saturated carbocycles. The third-order valence-corrected chi connectivity index (χ3v) is 6.74. The van der Waals surface area contributed by atoms with Crippen molar-refractivity contribution in [2.45, 2.75) is 25.7 Å². The zero-order chi connectivity index (χ0) is 20.3. The molecular weight excluding hydrogens is 422 g/mol. The van der Waals surface area contributed by atoms with Crippen molar-refractivity contribution in [2.75, 3.05) is 37.8 Å². The van der Waals surface area contributed by atoms with Gasteiger partial charge >= 0.3 is 0 Å². The van der Waals surface area contributed by atoms with Gasteiger partial charge in [-0.3, -0.25) is 9.69 Å². The van der Waals surface area contributed by atoms with Crippen molar-refractivity contribution >= 4 is 56.8 Å². The van der Waals surface area contributed by atoms with Crippen LogP contribution in [0.5, 0.6) is 0 Å². The van der Waals surface area contributed by atoms with E-state index in [1.165, 1.54) is 11.1 Å². The van der Waals surface area contributed by atoms with Crippen molar-refractivity contribution in [2.24, 2.45) is 0 Å². The van der Waals surface area contributed by atoms with Crippen LogP contribution in [0.2, 0.25) is 0 Å². The Bertz CT molecular complexity index is 987. The first-order valence-corrected chi connectivity index (χ1v) is 11.3. The van der Waals surface area contributed by atoms with Gasteiger partial charge in [0.05, 0.1) is 15.8 Å². The van der Waals surface area contributed by atoms with Crippen molar-refractivity contribution in [3.63, 3.8) is 0 Å². The average Bonchev–Trinajstić information content (AvgIpc) is 3.10. The smallest absolute Gasteiger partial charge is 0.261 e. The van der Waals surface area contributed by atoms with E-state index in [2.05, 4.69) is 37.8 Å². The van der Waals surface area contributed by atoms with Gasteiger partial charge in [0.25, 0.3) is 5.91 Å². The molecule has 156 valence electrons. The number of hydrogen-bond acceptors (Lipinski definition) is 5. The van der Waals surface area contributed by atoms with Gasteiger partial charge in [-0.25, -0.2) is 4.98 Å². The zero-order valence-electron chi connectivity index (χ0n) is 17.6. The van der Waals surface area contributed by atoms with Gasteiger partial charge < -0.3 is 4.90 Å². The Labute approximate surface area is 187 Å². The minimum Gasteiger partial charge on any atom is -0.308 e. The van der Waals surface area contributed by atoms with Gasteiger partial charge in [-0.05, 0) is 63.0 Å². The summed E-state index contributed by atoms with van der Waals surface area (Å²) in [7, 11) is 4.05. The number of amides is 1. The lowest BCUT2D eigenvalue weighted by atomic mass is 10.1. The molecule has 0 N–H and O–H groups in total. The summed E-state index contributed by atoms with van der Waals surface area (Å²) in [6, 6.07) is 12.1. The third kappa shape index (κ3) is 5.31. The van der Waals surface area contributed by atoms with Crippen molar-refractivity contribution in [1.29, 1.82) is 0 Å². The Morgan fingerprint density at radius 2 is 1.83 bits per heavy atom. The molecule has 3 rings (SSSR count). The summed E-state index contributed by atoms with van der Waals surface area (Å²) in [5, 5.41) is 0.770. The van der Waals surface area contributed by atoms with Gasteiger partial charge in [-0.1, -0.05) is 36.5 Å². The summed E-state index contributed by atoms with van der Waals surface area (Å²) in [5.41, 5.74) is 4.15. The van der Waals surface area contributed by atoms with Crippen LogP contribution < -0.4 is 4.90 Å². The van der Waals surface area contributed by atoms with E-state index in [4.69, 9.17) is 4.98 Å². The lowest BCUT2D eigenvalue weighted by Crippen LogP contribution is -2.37. The standard InChI is InChI=1S/C22H27N3OS2.ClH/c1-6-27-18-10-8-7-9-17(18)21(26)25(14-13-24(4)5)22-23-20-16(3)15(2)11-12-19(20)28-22;/h7-12H,6,13-14H2,1-5H3;1H. The van der Waals surface area contributed by atoms with E-state index in [1.54, 1.807) is 23.1 Å².